The molecule has 0 spiro atoms. The summed E-state index contributed by atoms with van der Waals surface area (Å²) in [6, 6.07) is 4.09. The van der Waals surface area contributed by atoms with Gasteiger partial charge in [-0.1, -0.05) is 0 Å². The summed E-state index contributed by atoms with van der Waals surface area (Å²) in [4.78, 5) is 20.8. The molecule has 0 saturated heterocycles. The third-order valence-corrected chi connectivity index (χ3v) is 2.33. The Morgan fingerprint density at radius 2 is 2.21 bits per heavy atom. The number of hydrogen-bond donors (Lipinski definition) is 1. The standard InChI is InChI=1S/C12H13NO6/c1-8(12(14)15)5-6-19-11-7-9(18-2)3-4-10(11)13(16)17/h3-5,7H,6H2,1-2H3,(H,14,15)/b8-5-. The van der Waals surface area contributed by atoms with E-state index >= 15 is 0 Å². The number of nitro groups is 1. The van der Waals surface area contributed by atoms with E-state index in [1.807, 2.05) is 0 Å². The maximum absolute atomic E-state index is 10.8. The Labute approximate surface area is 109 Å². The second kappa shape index (κ2) is 6.39. The molecule has 0 aliphatic heterocycles. The van der Waals surface area contributed by atoms with Crippen molar-refractivity contribution in [2.45, 2.75) is 6.92 Å². The summed E-state index contributed by atoms with van der Waals surface area (Å²) in [7, 11) is 1.43. The smallest absolute Gasteiger partial charge is 0.331 e. The van der Waals surface area contributed by atoms with Crippen molar-refractivity contribution in [3.8, 4) is 11.5 Å². The average Bonchev–Trinajstić information content (AvgIpc) is 2.37. The molecule has 1 aromatic rings. The first-order valence-electron chi connectivity index (χ1n) is 5.31. The van der Waals surface area contributed by atoms with Gasteiger partial charge in [0.1, 0.15) is 12.4 Å². The Balaban J connectivity index is 2.89. The van der Waals surface area contributed by atoms with E-state index in [0.717, 1.165) is 0 Å². The first kappa shape index (κ1) is 14.5. The summed E-state index contributed by atoms with van der Waals surface area (Å²) in [5.74, 6) is -0.623. The number of nitrogens with zero attached hydrogens (tertiary/aromatic N) is 1. The van der Waals surface area contributed by atoms with Gasteiger partial charge in [-0.15, -0.1) is 0 Å². The molecule has 0 aliphatic carbocycles. The van der Waals surface area contributed by atoms with Gasteiger partial charge < -0.3 is 14.6 Å². The highest BCUT2D eigenvalue weighted by Crippen LogP contribution is 2.30. The summed E-state index contributed by atoms with van der Waals surface area (Å²) in [5.41, 5.74) is -0.104. The number of ether oxygens (including phenoxy) is 2. The zero-order valence-corrected chi connectivity index (χ0v) is 10.5. The second-order valence-electron chi connectivity index (χ2n) is 3.59. The molecule has 102 valence electrons. The highest BCUT2D eigenvalue weighted by atomic mass is 16.6. The summed E-state index contributed by atoms with van der Waals surface area (Å²) < 4.78 is 10.1. The number of rotatable bonds is 6. The molecule has 0 fully saturated rings. The number of carboxylic acid groups (broad SMARTS) is 1. The normalized spacial score (nSPS) is 10.9. The first-order chi connectivity index (χ1) is 8.95. The van der Waals surface area contributed by atoms with E-state index < -0.39 is 10.9 Å². The minimum atomic E-state index is -1.07. The van der Waals surface area contributed by atoms with Crippen LogP contribution in [-0.2, 0) is 4.79 Å². The van der Waals surface area contributed by atoms with E-state index in [1.54, 1.807) is 0 Å². The van der Waals surface area contributed by atoms with Gasteiger partial charge in [0.25, 0.3) is 0 Å². The lowest BCUT2D eigenvalue weighted by Gasteiger charge is -2.06. The molecular weight excluding hydrogens is 254 g/mol. The highest BCUT2D eigenvalue weighted by molar-refractivity contribution is 5.85. The van der Waals surface area contributed by atoms with Crippen molar-refractivity contribution in [3.05, 3.63) is 40.0 Å². The Kier molecular flexibility index (Phi) is 4.87. The summed E-state index contributed by atoms with van der Waals surface area (Å²) in [6.45, 7) is 1.33. The molecule has 0 heterocycles. The van der Waals surface area contributed by atoms with Gasteiger partial charge >= 0.3 is 11.7 Å². The zero-order valence-electron chi connectivity index (χ0n) is 10.5. The molecule has 0 saturated carbocycles. The quantitative estimate of drug-likeness (QED) is 0.481. The zero-order chi connectivity index (χ0) is 14.4. The predicted molar refractivity (Wildman–Crippen MR) is 66.5 cm³/mol. The summed E-state index contributed by atoms with van der Waals surface area (Å²) in [5, 5.41) is 19.5. The topological polar surface area (TPSA) is 98.9 Å². The van der Waals surface area contributed by atoms with E-state index in [-0.39, 0.29) is 23.6 Å². The van der Waals surface area contributed by atoms with Crippen LogP contribution in [0.2, 0.25) is 0 Å². The van der Waals surface area contributed by atoms with Crippen LogP contribution >= 0.6 is 0 Å². The van der Waals surface area contributed by atoms with Crippen LogP contribution in [0.25, 0.3) is 0 Å². The molecule has 0 aromatic heterocycles. The predicted octanol–water partition coefficient (Wildman–Crippen LogP) is 2.01. The Hall–Kier alpha value is -2.57. The van der Waals surface area contributed by atoms with Gasteiger partial charge in [0, 0.05) is 17.7 Å². The van der Waals surface area contributed by atoms with Crippen molar-refractivity contribution >= 4 is 11.7 Å². The van der Waals surface area contributed by atoms with Gasteiger partial charge in [0.2, 0.25) is 5.75 Å². The second-order valence-corrected chi connectivity index (χ2v) is 3.59. The number of carboxylic acids is 1. The van der Waals surface area contributed by atoms with Crippen LogP contribution in [0, 0.1) is 10.1 Å². The van der Waals surface area contributed by atoms with Crippen LogP contribution in [0.1, 0.15) is 6.92 Å². The summed E-state index contributed by atoms with van der Waals surface area (Å²) in [6.07, 6.45) is 1.32. The van der Waals surface area contributed by atoms with Gasteiger partial charge in [0.15, 0.2) is 0 Å². The highest BCUT2D eigenvalue weighted by Gasteiger charge is 2.15. The molecule has 1 N–H and O–H groups in total. The van der Waals surface area contributed by atoms with Crippen molar-refractivity contribution < 1.29 is 24.3 Å². The van der Waals surface area contributed by atoms with Crippen molar-refractivity contribution in [3.63, 3.8) is 0 Å². The molecule has 0 radical (unpaired) electrons. The molecular formula is C12H13NO6. The van der Waals surface area contributed by atoms with Crippen LogP contribution in [0.5, 0.6) is 11.5 Å². The molecule has 0 amide bonds. The number of hydrogen-bond acceptors (Lipinski definition) is 5. The third kappa shape index (κ3) is 3.98. The lowest BCUT2D eigenvalue weighted by molar-refractivity contribution is -0.385. The van der Waals surface area contributed by atoms with Crippen LogP contribution < -0.4 is 9.47 Å². The largest absolute Gasteiger partial charge is 0.497 e. The molecule has 1 rings (SSSR count). The number of aliphatic carboxylic acids is 1. The first-order valence-corrected chi connectivity index (χ1v) is 5.31. The summed E-state index contributed by atoms with van der Waals surface area (Å²) >= 11 is 0. The molecule has 1 aromatic carbocycles. The number of carbonyl (C=O) groups is 1. The van der Waals surface area contributed by atoms with Gasteiger partial charge in [-0.3, -0.25) is 10.1 Å². The van der Waals surface area contributed by atoms with Crippen molar-refractivity contribution in [1.29, 1.82) is 0 Å². The SMILES string of the molecule is COc1ccc([N+](=O)[O-])c(OC/C=C(/C)C(=O)O)c1. The lowest BCUT2D eigenvalue weighted by atomic mass is 10.2. The Morgan fingerprint density at radius 3 is 2.74 bits per heavy atom. The Morgan fingerprint density at radius 1 is 1.53 bits per heavy atom. The van der Waals surface area contributed by atoms with E-state index in [0.29, 0.717) is 5.75 Å². The third-order valence-electron chi connectivity index (χ3n) is 2.33. The molecule has 7 heteroatoms. The molecule has 0 bridgehead atoms. The van der Waals surface area contributed by atoms with Gasteiger partial charge in [-0.25, -0.2) is 4.79 Å². The van der Waals surface area contributed by atoms with Crippen LogP contribution in [0.4, 0.5) is 5.69 Å². The van der Waals surface area contributed by atoms with Crippen molar-refractivity contribution in [1.82, 2.24) is 0 Å². The van der Waals surface area contributed by atoms with E-state index in [4.69, 9.17) is 14.6 Å². The molecule has 0 atom stereocenters. The minimum absolute atomic E-state index is 0.0267. The van der Waals surface area contributed by atoms with Crippen LogP contribution in [-0.4, -0.2) is 29.7 Å². The fraction of sp³-hybridized carbons (Fsp3) is 0.250. The lowest BCUT2D eigenvalue weighted by Crippen LogP contribution is -2.02. The van der Waals surface area contributed by atoms with Crippen LogP contribution in [0.15, 0.2) is 29.8 Å². The molecule has 0 aliphatic rings. The van der Waals surface area contributed by atoms with E-state index in [9.17, 15) is 14.9 Å². The van der Waals surface area contributed by atoms with Crippen molar-refractivity contribution in [2.75, 3.05) is 13.7 Å². The van der Waals surface area contributed by atoms with Crippen LogP contribution in [0.3, 0.4) is 0 Å². The van der Waals surface area contributed by atoms with E-state index in [2.05, 4.69) is 0 Å². The molecule has 0 unspecified atom stereocenters. The monoisotopic (exact) mass is 267 g/mol. The number of methoxy groups -OCH3 is 1. The van der Waals surface area contributed by atoms with Crippen molar-refractivity contribution in [2.24, 2.45) is 0 Å². The minimum Gasteiger partial charge on any atom is -0.497 e. The van der Waals surface area contributed by atoms with Gasteiger partial charge in [0.05, 0.1) is 12.0 Å². The fourth-order valence-corrected chi connectivity index (χ4v) is 1.23. The number of benzene rings is 1. The average molecular weight is 267 g/mol. The van der Waals surface area contributed by atoms with Gasteiger partial charge in [-0.2, -0.15) is 0 Å². The Bertz CT molecular complexity index is 523. The molecule has 7 nitrogen and oxygen atoms in total. The maximum Gasteiger partial charge on any atom is 0.331 e. The maximum atomic E-state index is 10.8. The van der Waals surface area contributed by atoms with Gasteiger partial charge in [-0.05, 0) is 19.1 Å². The fourth-order valence-electron chi connectivity index (χ4n) is 1.23. The van der Waals surface area contributed by atoms with E-state index in [1.165, 1.54) is 38.3 Å². The number of nitro benzene ring substituents is 1. The molecule has 19 heavy (non-hydrogen) atoms.